The molecule has 0 radical (unpaired) electrons. The molecule has 1 aliphatic rings. The highest BCUT2D eigenvalue weighted by molar-refractivity contribution is 5.93. The third kappa shape index (κ3) is 4.84. The Bertz CT molecular complexity index is 745. The van der Waals surface area contributed by atoms with Gasteiger partial charge in [-0.2, -0.15) is 0 Å². The number of rotatable bonds is 5. The average molecular weight is 369 g/mol. The molecule has 3 rings (SSSR count). The Morgan fingerprint density at radius 1 is 1.30 bits per heavy atom. The van der Waals surface area contributed by atoms with Crippen LogP contribution in [0, 0.1) is 5.92 Å². The quantitative estimate of drug-likeness (QED) is 0.469. The summed E-state index contributed by atoms with van der Waals surface area (Å²) >= 11 is 0. The number of aromatic nitrogens is 3. The molecule has 2 aromatic rings. The van der Waals surface area contributed by atoms with Gasteiger partial charge in [-0.25, -0.2) is 4.98 Å². The van der Waals surface area contributed by atoms with Gasteiger partial charge in [-0.1, -0.05) is 6.92 Å². The van der Waals surface area contributed by atoms with E-state index < -0.39 is 0 Å². The molecule has 1 saturated heterocycles. The number of pyridine rings is 1. The van der Waals surface area contributed by atoms with E-state index in [4.69, 9.17) is 0 Å². The van der Waals surface area contributed by atoms with Crippen LogP contribution in [0.25, 0.3) is 0 Å². The van der Waals surface area contributed by atoms with Crippen LogP contribution in [0.3, 0.4) is 0 Å². The highest BCUT2D eigenvalue weighted by atomic mass is 16.1. The van der Waals surface area contributed by atoms with Crippen molar-refractivity contribution < 1.29 is 4.79 Å². The number of hydrogen-bond acceptors (Lipinski definition) is 4. The lowest BCUT2D eigenvalue weighted by Crippen LogP contribution is -2.50. The largest absolute Gasteiger partial charge is 0.354 e. The molecule has 0 saturated carbocycles. The lowest BCUT2D eigenvalue weighted by Gasteiger charge is -2.39. The topological polar surface area (TPSA) is 87.4 Å². The minimum absolute atomic E-state index is 0.119. The Hall–Kier alpha value is -2.90. The summed E-state index contributed by atoms with van der Waals surface area (Å²) in [6.45, 7) is 5.27. The second kappa shape index (κ2) is 9.16. The first-order valence-electron chi connectivity index (χ1n) is 9.30. The summed E-state index contributed by atoms with van der Waals surface area (Å²) < 4.78 is 2.18. The van der Waals surface area contributed by atoms with Gasteiger partial charge < -0.3 is 20.1 Å². The summed E-state index contributed by atoms with van der Waals surface area (Å²) in [4.78, 5) is 26.9. The van der Waals surface area contributed by atoms with E-state index in [0.717, 1.165) is 25.5 Å². The molecule has 8 nitrogen and oxygen atoms in total. The van der Waals surface area contributed by atoms with Crippen LogP contribution in [-0.2, 0) is 0 Å². The van der Waals surface area contributed by atoms with Crippen molar-refractivity contribution in [3.63, 3.8) is 0 Å². The number of amides is 1. The lowest BCUT2D eigenvalue weighted by atomic mass is 9.93. The van der Waals surface area contributed by atoms with Crippen LogP contribution in [0.15, 0.2) is 48.2 Å². The summed E-state index contributed by atoms with van der Waals surface area (Å²) in [5, 5.41) is 6.24. The number of guanidine groups is 1. The normalized spacial score (nSPS) is 20.4. The number of imidazole rings is 1. The summed E-state index contributed by atoms with van der Waals surface area (Å²) in [5.74, 6) is 1.34. The van der Waals surface area contributed by atoms with E-state index in [9.17, 15) is 4.79 Å². The number of likely N-dealkylation sites (tertiary alicyclic amines) is 1. The zero-order valence-electron chi connectivity index (χ0n) is 15.9. The van der Waals surface area contributed by atoms with Crippen molar-refractivity contribution in [1.82, 2.24) is 30.1 Å². The fourth-order valence-electron chi connectivity index (χ4n) is 3.38. The first kappa shape index (κ1) is 18.9. The molecule has 1 aliphatic heterocycles. The predicted octanol–water partition coefficient (Wildman–Crippen LogP) is 1.17. The van der Waals surface area contributed by atoms with E-state index in [-0.39, 0.29) is 5.91 Å². The van der Waals surface area contributed by atoms with Crippen molar-refractivity contribution in [2.45, 2.75) is 19.4 Å². The molecular weight excluding hydrogens is 342 g/mol. The molecular formula is C19H27N7O. The molecule has 3 heterocycles. The van der Waals surface area contributed by atoms with Gasteiger partial charge in [0.05, 0.1) is 17.9 Å². The number of carbonyl (C=O) groups excluding carboxylic acids is 1. The first-order chi connectivity index (χ1) is 13.2. The maximum atomic E-state index is 12.0. The Morgan fingerprint density at radius 2 is 2.15 bits per heavy atom. The zero-order chi connectivity index (χ0) is 19.1. The molecule has 27 heavy (non-hydrogen) atoms. The fraction of sp³-hybridized carbons (Fsp3) is 0.474. The van der Waals surface area contributed by atoms with Gasteiger partial charge in [0.15, 0.2) is 5.96 Å². The molecule has 144 valence electrons. The minimum atomic E-state index is -0.119. The number of nitrogens with one attached hydrogen (secondary N) is 2. The van der Waals surface area contributed by atoms with E-state index in [1.54, 1.807) is 31.6 Å². The van der Waals surface area contributed by atoms with Gasteiger partial charge in [-0.05, 0) is 24.5 Å². The van der Waals surface area contributed by atoms with Gasteiger partial charge in [-0.15, -0.1) is 0 Å². The second-order valence-corrected chi connectivity index (χ2v) is 6.76. The molecule has 0 aromatic carbocycles. The number of carbonyl (C=O) groups is 1. The van der Waals surface area contributed by atoms with Crippen LogP contribution in [-0.4, -0.2) is 64.5 Å². The highest BCUT2D eigenvalue weighted by Gasteiger charge is 2.28. The van der Waals surface area contributed by atoms with Gasteiger partial charge in [0.2, 0.25) is 0 Å². The Labute approximate surface area is 159 Å². The molecule has 2 atom stereocenters. The van der Waals surface area contributed by atoms with E-state index >= 15 is 0 Å². The monoisotopic (exact) mass is 369 g/mol. The molecule has 2 aromatic heterocycles. The fourth-order valence-corrected chi connectivity index (χ4v) is 3.38. The van der Waals surface area contributed by atoms with Crippen molar-refractivity contribution in [2.24, 2.45) is 10.9 Å². The molecule has 1 amide bonds. The number of aliphatic imine (C=N–C) groups is 1. The summed E-state index contributed by atoms with van der Waals surface area (Å²) in [7, 11) is 1.79. The van der Waals surface area contributed by atoms with Crippen LogP contribution in [0.5, 0.6) is 0 Å². The van der Waals surface area contributed by atoms with Crippen molar-refractivity contribution in [2.75, 3.05) is 33.2 Å². The van der Waals surface area contributed by atoms with Crippen LogP contribution in [0.1, 0.15) is 29.7 Å². The number of hydrogen-bond donors (Lipinski definition) is 2. The molecule has 0 aliphatic carbocycles. The van der Waals surface area contributed by atoms with Crippen LogP contribution < -0.4 is 10.6 Å². The second-order valence-electron chi connectivity index (χ2n) is 6.76. The van der Waals surface area contributed by atoms with E-state index in [0.29, 0.717) is 30.6 Å². The van der Waals surface area contributed by atoms with E-state index in [1.165, 1.54) is 0 Å². The van der Waals surface area contributed by atoms with Crippen LogP contribution >= 0.6 is 0 Å². The van der Waals surface area contributed by atoms with Gasteiger partial charge in [-0.3, -0.25) is 14.8 Å². The maximum Gasteiger partial charge on any atom is 0.252 e. The van der Waals surface area contributed by atoms with Crippen LogP contribution in [0.2, 0.25) is 0 Å². The molecule has 0 spiro atoms. The minimum Gasteiger partial charge on any atom is -0.354 e. The molecule has 0 bridgehead atoms. The number of nitrogens with zero attached hydrogens (tertiary/aromatic N) is 5. The molecule has 1 fully saturated rings. The van der Waals surface area contributed by atoms with E-state index in [2.05, 4.69) is 42.0 Å². The third-order valence-corrected chi connectivity index (χ3v) is 4.96. The Balaban J connectivity index is 1.48. The smallest absolute Gasteiger partial charge is 0.252 e. The zero-order valence-corrected chi connectivity index (χ0v) is 15.9. The van der Waals surface area contributed by atoms with Crippen molar-refractivity contribution >= 4 is 11.9 Å². The van der Waals surface area contributed by atoms with Gasteiger partial charge in [0, 0.05) is 58.0 Å². The molecule has 2 unspecified atom stereocenters. The third-order valence-electron chi connectivity index (χ3n) is 4.96. The van der Waals surface area contributed by atoms with Gasteiger partial charge in [0.1, 0.15) is 0 Å². The Kier molecular flexibility index (Phi) is 6.40. The summed E-state index contributed by atoms with van der Waals surface area (Å²) in [6, 6.07) is 3.88. The van der Waals surface area contributed by atoms with Crippen LogP contribution in [0.4, 0.5) is 0 Å². The van der Waals surface area contributed by atoms with Crippen molar-refractivity contribution in [3.05, 3.63) is 48.8 Å². The standard InChI is InChI=1S/C19H27N7O/c1-15-5-10-25(13-17(15)26-11-9-22-14-26)19(20-2)24-8-7-23-18(27)16-4-3-6-21-12-16/h3-4,6,9,11-12,14-15,17H,5,7-8,10,13H2,1-2H3,(H,20,24)(H,23,27). The molecule has 8 heteroatoms. The average Bonchev–Trinajstić information content (AvgIpc) is 3.24. The van der Waals surface area contributed by atoms with Crippen molar-refractivity contribution in [1.29, 1.82) is 0 Å². The van der Waals surface area contributed by atoms with Gasteiger partial charge >= 0.3 is 0 Å². The predicted molar refractivity (Wildman–Crippen MR) is 105 cm³/mol. The summed E-state index contributed by atoms with van der Waals surface area (Å²) in [5.41, 5.74) is 0.565. The maximum absolute atomic E-state index is 12.0. The van der Waals surface area contributed by atoms with Gasteiger partial charge in [0.25, 0.3) is 5.91 Å². The lowest BCUT2D eigenvalue weighted by molar-refractivity contribution is 0.0954. The summed E-state index contributed by atoms with van der Waals surface area (Å²) in [6.07, 6.45) is 10.0. The Morgan fingerprint density at radius 3 is 2.85 bits per heavy atom. The first-order valence-corrected chi connectivity index (χ1v) is 9.30. The molecule has 2 N–H and O–H groups in total. The number of piperidine rings is 1. The SMILES string of the molecule is CN=C(NCCNC(=O)c1cccnc1)N1CCC(C)C(n2ccnc2)C1. The van der Waals surface area contributed by atoms with E-state index in [1.807, 2.05) is 18.7 Å². The van der Waals surface area contributed by atoms with Crippen molar-refractivity contribution in [3.8, 4) is 0 Å². The highest BCUT2D eigenvalue weighted by Crippen LogP contribution is 2.27.